The van der Waals surface area contributed by atoms with E-state index in [2.05, 4.69) is 0 Å². The van der Waals surface area contributed by atoms with Gasteiger partial charge in [-0.1, -0.05) is 0 Å². The van der Waals surface area contributed by atoms with Crippen molar-refractivity contribution in [1.82, 2.24) is 9.36 Å². The minimum atomic E-state index is 0.0240. The molecule has 4 heteroatoms. The van der Waals surface area contributed by atoms with Gasteiger partial charge in [-0.25, -0.2) is 0 Å². The average Bonchev–Trinajstić information content (AvgIpc) is 2.19. The van der Waals surface area contributed by atoms with Crippen molar-refractivity contribution >= 4 is 0 Å². The molecule has 0 saturated heterocycles. The van der Waals surface area contributed by atoms with E-state index in [0.717, 1.165) is 12.1 Å². The highest BCUT2D eigenvalue weighted by molar-refractivity contribution is 5.01. The Bertz CT molecular complexity index is 297. The molecule has 0 radical (unpaired) electrons. The third kappa shape index (κ3) is 1.35. The normalized spacial score (nSPS) is 10.5. The second kappa shape index (κ2) is 2.92. The van der Waals surface area contributed by atoms with Gasteiger partial charge in [-0.2, -0.15) is 0 Å². The van der Waals surface area contributed by atoms with E-state index in [1.54, 1.807) is 17.8 Å². The zero-order valence-electron chi connectivity index (χ0n) is 6.87. The summed E-state index contributed by atoms with van der Waals surface area (Å²) < 4.78 is 3.38. The van der Waals surface area contributed by atoms with Crippen molar-refractivity contribution in [3.8, 4) is 0 Å². The molecule has 1 rings (SSSR count). The molecule has 0 unspecified atom stereocenters. The summed E-state index contributed by atoms with van der Waals surface area (Å²) in [5, 5.41) is 0. The van der Waals surface area contributed by atoms with Crippen LogP contribution in [0.25, 0.3) is 0 Å². The van der Waals surface area contributed by atoms with E-state index in [9.17, 15) is 4.79 Å². The van der Waals surface area contributed by atoms with Crippen LogP contribution >= 0.6 is 0 Å². The molecule has 1 heterocycles. The monoisotopic (exact) mass is 155 g/mol. The third-order valence-corrected chi connectivity index (χ3v) is 1.88. The first-order valence-corrected chi connectivity index (χ1v) is 3.58. The van der Waals surface area contributed by atoms with Crippen LogP contribution in [0.15, 0.2) is 10.9 Å². The number of aromatic nitrogens is 2. The Labute approximate surface area is 65.2 Å². The van der Waals surface area contributed by atoms with Crippen molar-refractivity contribution < 1.29 is 0 Å². The van der Waals surface area contributed by atoms with Gasteiger partial charge in [0, 0.05) is 32.3 Å². The molecular weight excluding hydrogens is 142 g/mol. The molecule has 0 saturated carbocycles. The lowest BCUT2D eigenvalue weighted by molar-refractivity contribution is 0.556. The molecule has 0 spiro atoms. The van der Waals surface area contributed by atoms with Gasteiger partial charge in [0.05, 0.1) is 0 Å². The van der Waals surface area contributed by atoms with Gasteiger partial charge in [0.15, 0.2) is 0 Å². The van der Waals surface area contributed by atoms with Gasteiger partial charge in [0.2, 0.25) is 0 Å². The molecule has 1 aromatic rings. The van der Waals surface area contributed by atoms with Crippen LogP contribution in [0, 0.1) is 0 Å². The molecule has 0 aliphatic rings. The van der Waals surface area contributed by atoms with Gasteiger partial charge in [-0.15, -0.1) is 0 Å². The fourth-order valence-corrected chi connectivity index (χ4v) is 1.05. The predicted molar refractivity (Wildman–Crippen MR) is 43.4 cm³/mol. The molecular formula is C7H13N3O. The molecule has 4 nitrogen and oxygen atoms in total. The Morgan fingerprint density at radius 2 is 2.09 bits per heavy atom. The summed E-state index contributed by atoms with van der Waals surface area (Å²) in [4.78, 5) is 11.0. The number of hydrogen-bond donors (Lipinski definition) is 1. The van der Waals surface area contributed by atoms with Crippen molar-refractivity contribution in [2.45, 2.75) is 6.42 Å². The summed E-state index contributed by atoms with van der Waals surface area (Å²) in [7, 11) is 3.59. The van der Waals surface area contributed by atoms with Gasteiger partial charge in [0.1, 0.15) is 0 Å². The van der Waals surface area contributed by atoms with E-state index in [-0.39, 0.29) is 5.56 Å². The minimum absolute atomic E-state index is 0.0240. The first kappa shape index (κ1) is 8.07. The molecule has 0 atom stereocenters. The SMILES string of the molecule is Cn1c(CCN)cc(=O)n1C. The van der Waals surface area contributed by atoms with Gasteiger partial charge in [-0.3, -0.25) is 14.2 Å². The Kier molecular flexibility index (Phi) is 2.14. The molecule has 62 valence electrons. The van der Waals surface area contributed by atoms with E-state index >= 15 is 0 Å². The van der Waals surface area contributed by atoms with E-state index in [0.29, 0.717) is 6.54 Å². The standard InChI is InChI=1S/C7H13N3O/c1-9-6(3-4-8)5-7(11)10(9)2/h5H,3-4,8H2,1-2H3. The highest BCUT2D eigenvalue weighted by atomic mass is 16.1. The number of rotatable bonds is 2. The smallest absolute Gasteiger partial charge is 0.266 e. The predicted octanol–water partition coefficient (Wildman–Crippen LogP) is -0.775. The maximum absolute atomic E-state index is 11.0. The van der Waals surface area contributed by atoms with Crippen LogP contribution in [0.3, 0.4) is 0 Å². The van der Waals surface area contributed by atoms with Gasteiger partial charge in [0.25, 0.3) is 5.56 Å². The van der Waals surface area contributed by atoms with Crippen molar-refractivity contribution in [2.24, 2.45) is 19.8 Å². The van der Waals surface area contributed by atoms with Gasteiger partial charge in [-0.05, 0) is 6.54 Å². The molecule has 2 N–H and O–H groups in total. The summed E-state index contributed by atoms with van der Waals surface area (Å²) in [6.07, 6.45) is 0.757. The van der Waals surface area contributed by atoms with E-state index in [4.69, 9.17) is 5.73 Å². The lowest BCUT2D eigenvalue weighted by atomic mass is 10.3. The molecule has 11 heavy (non-hydrogen) atoms. The number of hydrogen-bond acceptors (Lipinski definition) is 2. The summed E-state index contributed by atoms with van der Waals surface area (Å²) >= 11 is 0. The molecule has 0 aliphatic carbocycles. The number of nitrogens with zero attached hydrogens (tertiary/aromatic N) is 2. The van der Waals surface area contributed by atoms with Crippen LogP contribution in [-0.2, 0) is 20.5 Å². The Morgan fingerprint density at radius 3 is 2.45 bits per heavy atom. The molecule has 0 aromatic carbocycles. The zero-order valence-corrected chi connectivity index (χ0v) is 6.87. The van der Waals surface area contributed by atoms with Crippen LogP contribution in [-0.4, -0.2) is 15.9 Å². The Hall–Kier alpha value is -1.03. The third-order valence-electron chi connectivity index (χ3n) is 1.88. The second-order valence-electron chi connectivity index (χ2n) is 2.56. The summed E-state index contributed by atoms with van der Waals surface area (Å²) in [5.74, 6) is 0. The molecule has 0 bridgehead atoms. The highest BCUT2D eigenvalue weighted by Crippen LogP contribution is 1.93. The van der Waals surface area contributed by atoms with E-state index < -0.39 is 0 Å². The quantitative estimate of drug-likeness (QED) is 0.609. The topological polar surface area (TPSA) is 52.9 Å². The van der Waals surface area contributed by atoms with E-state index in [1.807, 2.05) is 11.7 Å². The maximum atomic E-state index is 11.0. The molecule has 0 amide bonds. The summed E-state index contributed by atoms with van der Waals surface area (Å²) in [5.41, 5.74) is 6.37. The molecule has 1 aromatic heterocycles. The highest BCUT2D eigenvalue weighted by Gasteiger charge is 2.02. The van der Waals surface area contributed by atoms with Crippen LogP contribution in [0.1, 0.15) is 5.69 Å². The largest absolute Gasteiger partial charge is 0.330 e. The van der Waals surface area contributed by atoms with Crippen molar-refractivity contribution in [3.05, 3.63) is 22.1 Å². The first-order valence-electron chi connectivity index (χ1n) is 3.58. The first-order chi connectivity index (χ1) is 5.16. The van der Waals surface area contributed by atoms with E-state index in [1.165, 1.54) is 0 Å². The summed E-state index contributed by atoms with van der Waals surface area (Å²) in [6, 6.07) is 1.62. The lowest BCUT2D eigenvalue weighted by Gasteiger charge is -2.03. The minimum Gasteiger partial charge on any atom is -0.330 e. The fraction of sp³-hybridized carbons (Fsp3) is 0.571. The zero-order chi connectivity index (χ0) is 8.43. The Balaban J connectivity index is 3.08. The van der Waals surface area contributed by atoms with Crippen LogP contribution in [0.5, 0.6) is 0 Å². The average molecular weight is 155 g/mol. The fourth-order valence-electron chi connectivity index (χ4n) is 1.05. The van der Waals surface area contributed by atoms with Crippen LogP contribution in [0.4, 0.5) is 0 Å². The maximum Gasteiger partial charge on any atom is 0.266 e. The molecule has 0 fully saturated rings. The Morgan fingerprint density at radius 1 is 1.45 bits per heavy atom. The van der Waals surface area contributed by atoms with Gasteiger partial charge >= 0.3 is 0 Å². The van der Waals surface area contributed by atoms with Gasteiger partial charge < -0.3 is 5.73 Å². The van der Waals surface area contributed by atoms with Crippen LogP contribution in [0.2, 0.25) is 0 Å². The lowest BCUT2D eigenvalue weighted by Crippen LogP contribution is -2.17. The second-order valence-corrected chi connectivity index (χ2v) is 2.56. The molecule has 0 aliphatic heterocycles. The van der Waals surface area contributed by atoms with Crippen LogP contribution < -0.4 is 11.3 Å². The van der Waals surface area contributed by atoms with Crippen molar-refractivity contribution in [3.63, 3.8) is 0 Å². The van der Waals surface area contributed by atoms with Crippen molar-refractivity contribution in [1.29, 1.82) is 0 Å². The van der Waals surface area contributed by atoms with Crippen molar-refractivity contribution in [2.75, 3.05) is 6.54 Å². The number of nitrogens with two attached hydrogens (primary N) is 1. The summed E-state index contributed by atoms with van der Waals surface area (Å²) in [6.45, 7) is 0.581.